The van der Waals surface area contributed by atoms with E-state index in [0.29, 0.717) is 0 Å². The summed E-state index contributed by atoms with van der Waals surface area (Å²) in [6.45, 7) is 9.85. The quantitative estimate of drug-likeness (QED) is 0.827. The molecule has 106 valence electrons. The molecule has 2 fully saturated rings. The molecule has 2 rings (SSSR count). The predicted octanol–water partition coefficient (Wildman–Crippen LogP) is 3.13. The Morgan fingerprint density at radius 3 is 2.56 bits per heavy atom. The van der Waals surface area contributed by atoms with Gasteiger partial charge in [0.25, 0.3) is 0 Å². The molecule has 2 heteroatoms. The van der Waals surface area contributed by atoms with E-state index in [0.717, 1.165) is 29.8 Å². The summed E-state index contributed by atoms with van der Waals surface area (Å²) in [6, 6.07) is 1.53. The van der Waals surface area contributed by atoms with E-state index in [1.807, 2.05) is 0 Å². The molecule has 4 atom stereocenters. The molecule has 1 aliphatic carbocycles. The largest absolute Gasteiger partial charge is 0.315 e. The molecule has 0 bridgehead atoms. The monoisotopic (exact) mass is 252 g/mol. The Labute approximate surface area is 114 Å². The third kappa shape index (κ3) is 3.08. The van der Waals surface area contributed by atoms with Crippen LogP contribution >= 0.6 is 0 Å². The van der Waals surface area contributed by atoms with Crippen LogP contribution in [0, 0.1) is 17.8 Å². The highest BCUT2D eigenvalue weighted by molar-refractivity contribution is 4.93. The van der Waals surface area contributed by atoms with Crippen molar-refractivity contribution >= 4 is 0 Å². The first-order chi connectivity index (χ1) is 8.65. The summed E-state index contributed by atoms with van der Waals surface area (Å²) in [5.74, 6) is 2.76. The minimum atomic E-state index is 0.732. The van der Waals surface area contributed by atoms with Crippen molar-refractivity contribution in [3.8, 4) is 0 Å². The molecule has 0 aromatic rings. The van der Waals surface area contributed by atoms with Crippen LogP contribution in [0.15, 0.2) is 0 Å². The van der Waals surface area contributed by atoms with Gasteiger partial charge in [0.1, 0.15) is 0 Å². The van der Waals surface area contributed by atoms with Gasteiger partial charge in [-0.3, -0.25) is 4.90 Å². The third-order valence-electron chi connectivity index (χ3n) is 5.53. The lowest BCUT2D eigenvalue weighted by Gasteiger charge is -2.42. The number of likely N-dealkylation sites (tertiary alicyclic amines) is 1. The summed E-state index contributed by atoms with van der Waals surface area (Å²) >= 11 is 0. The molecular weight excluding hydrogens is 220 g/mol. The lowest BCUT2D eigenvalue weighted by molar-refractivity contribution is 0.101. The first-order valence-electron chi connectivity index (χ1n) is 8.07. The lowest BCUT2D eigenvalue weighted by Crippen LogP contribution is -2.52. The van der Waals surface area contributed by atoms with Crippen molar-refractivity contribution in [1.29, 1.82) is 0 Å². The maximum atomic E-state index is 3.58. The van der Waals surface area contributed by atoms with Gasteiger partial charge in [-0.15, -0.1) is 0 Å². The Kier molecular flexibility index (Phi) is 5.08. The van der Waals surface area contributed by atoms with Crippen molar-refractivity contribution in [2.45, 2.75) is 65.0 Å². The van der Waals surface area contributed by atoms with Crippen molar-refractivity contribution in [1.82, 2.24) is 10.2 Å². The Balaban J connectivity index is 1.98. The highest BCUT2D eigenvalue weighted by Gasteiger charge is 2.37. The minimum absolute atomic E-state index is 0.732. The van der Waals surface area contributed by atoms with Gasteiger partial charge in [-0.05, 0) is 57.0 Å². The topological polar surface area (TPSA) is 15.3 Å². The Bertz CT molecular complexity index is 251. The molecule has 0 spiro atoms. The van der Waals surface area contributed by atoms with Gasteiger partial charge < -0.3 is 5.32 Å². The molecule has 1 N–H and O–H groups in total. The van der Waals surface area contributed by atoms with E-state index in [1.54, 1.807) is 0 Å². The molecule has 18 heavy (non-hydrogen) atoms. The van der Waals surface area contributed by atoms with Gasteiger partial charge in [0.15, 0.2) is 0 Å². The van der Waals surface area contributed by atoms with Gasteiger partial charge in [0.05, 0.1) is 0 Å². The van der Waals surface area contributed by atoms with E-state index in [2.05, 4.69) is 38.0 Å². The summed E-state index contributed by atoms with van der Waals surface area (Å²) in [6.07, 6.45) is 7.00. The fourth-order valence-electron chi connectivity index (χ4n) is 4.02. The molecular formula is C16H32N2. The van der Waals surface area contributed by atoms with E-state index in [-0.39, 0.29) is 0 Å². The Morgan fingerprint density at radius 1 is 1.22 bits per heavy atom. The van der Waals surface area contributed by atoms with Crippen molar-refractivity contribution in [2.75, 3.05) is 20.1 Å². The van der Waals surface area contributed by atoms with Gasteiger partial charge in [-0.25, -0.2) is 0 Å². The molecule has 0 amide bonds. The van der Waals surface area contributed by atoms with Crippen molar-refractivity contribution in [2.24, 2.45) is 17.8 Å². The van der Waals surface area contributed by atoms with E-state index >= 15 is 0 Å². The van der Waals surface area contributed by atoms with Crippen molar-refractivity contribution < 1.29 is 0 Å². The van der Waals surface area contributed by atoms with Crippen LogP contribution in [0.2, 0.25) is 0 Å². The standard InChI is InChI=1S/C16H32N2/c1-5-13-8-9-18(11-13)16-10-14(12(2)3)6-7-15(16)17-4/h12-17H,5-11H2,1-4H3. The summed E-state index contributed by atoms with van der Waals surface area (Å²) in [7, 11) is 2.15. The maximum Gasteiger partial charge on any atom is 0.0252 e. The number of nitrogens with one attached hydrogen (secondary N) is 1. The fourth-order valence-corrected chi connectivity index (χ4v) is 4.02. The predicted molar refractivity (Wildman–Crippen MR) is 78.8 cm³/mol. The summed E-state index contributed by atoms with van der Waals surface area (Å²) in [5.41, 5.74) is 0. The van der Waals surface area contributed by atoms with E-state index in [1.165, 1.54) is 45.2 Å². The molecule has 1 heterocycles. The van der Waals surface area contributed by atoms with Gasteiger partial charge in [0, 0.05) is 18.6 Å². The Hall–Kier alpha value is -0.0800. The molecule has 2 nitrogen and oxygen atoms in total. The average molecular weight is 252 g/mol. The van der Waals surface area contributed by atoms with Gasteiger partial charge in [-0.2, -0.15) is 0 Å². The third-order valence-corrected chi connectivity index (χ3v) is 5.53. The summed E-state index contributed by atoms with van der Waals surface area (Å²) in [4.78, 5) is 2.80. The van der Waals surface area contributed by atoms with Crippen molar-refractivity contribution in [3.05, 3.63) is 0 Å². The highest BCUT2D eigenvalue weighted by Crippen LogP contribution is 2.35. The van der Waals surface area contributed by atoms with Crippen molar-refractivity contribution in [3.63, 3.8) is 0 Å². The van der Waals surface area contributed by atoms with E-state index < -0.39 is 0 Å². The molecule has 4 unspecified atom stereocenters. The summed E-state index contributed by atoms with van der Waals surface area (Å²) in [5, 5.41) is 3.58. The van der Waals surface area contributed by atoms with Crippen LogP contribution < -0.4 is 5.32 Å². The van der Waals surface area contributed by atoms with E-state index in [4.69, 9.17) is 0 Å². The van der Waals surface area contributed by atoms with Crippen LogP contribution in [0.25, 0.3) is 0 Å². The van der Waals surface area contributed by atoms with Gasteiger partial charge in [-0.1, -0.05) is 27.2 Å². The molecule has 1 aliphatic heterocycles. The molecule has 0 aromatic carbocycles. The zero-order chi connectivity index (χ0) is 13.1. The zero-order valence-corrected chi connectivity index (χ0v) is 12.8. The average Bonchev–Trinajstić information content (AvgIpc) is 2.86. The fraction of sp³-hybridized carbons (Fsp3) is 1.00. The molecule has 0 radical (unpaired) electrons. The minimum Gasteiger partial charge on any atom is -0.315 e. The number of nitrogens with zero attached hydrogens (tertiary/aromatic N) is 1. The van der Waals surface area contributed by atoms with E-state index in [9.17, 15) is 0 Å². The molecule has 2 aliphatic rings. The van der Waals surface area contributed by atoms with Gasteiger partial charge in [0.2, 0.25) is 0 Å². The maximum absolute atomic E-state index is 3.58. The number of hydrogen-bond donors (Lipinski definition) is 1. The van der Waals surface area contributed by atoms with Crippen LogP contribution in [0.5, 0.6) is 0 Å². The van der Waals surface area contributed by atoms with Gasteiger partial charge >= 0.3 is 0 Å². The van der Waals surface area contributed by atoms with Crippen LogP contribution in [-0.2, 0) is 0 Å². The second kappa shape index (κ2) is 6.38. The first kappa shape index (κ1) is 14.3. The molecule has 1 saturated carbocycles. The second-order valence-corrected chi connectivity index (χ2v) is 6.84. The smallest absolute Gasteiger partial charge is 0.0252 e. The number of rotatable bonds is 4. The lowest BCUT2D eigenvalue weighted by atomic mass is 9.76. The second-order valence-electron chi connectivity index (χ2n) is 6.84. The molecule has 0 aromatic heterocycles. The van der Waals surface area contributed by atoms with Crippen LogP contribution in [0.4, 0.5) is 0 Å². The van der Waals surface area contributed by atoms with Crippen LogP contribution in [-0.4, -0.2) is 37.1 Å². The Morgan fingerprint density at radius 2 is 2.00 bits per heavy atom. The number of hydrogen-bond acceptors (Lipinski definition) is 2. The SMILES string of the molecule is CCC1CCN(C2CC(C(C)C)CCC2NC)C1. The molecule has 1 saturated heterocycles. The highest BCUT2D eigenvalue weighted by atomic mass is 15.2. The summed E-state index contributed by atoms with van der Waals surface area (Å²) < 4.78 is 0. The zero-order valence-electron chi connectivity index (χ0n) is 12.8. The van der Waals surface area contributed by atoms with Crippen LogP contribution in [0.1, 0.15) is 52.9 Å². The van der Waals surface area contributed by atoms with Crippen LogP contribution in [0.3, 0.4) is 0 Å². The normalized spacial score (nSPS) is 38.5. The first-order valence-corrected chi connectivity index (χ1v) is 8.07. The number of likely N-dealkylation sites (N-methyl/N-ethyl adjacent to an activating group) is 1.